The summed E-state index contributed by atoms with van der Waals surface area (Å²) in [4.78, 5) is 25.0. The summed E-state index contributed by atoms with van der Waals surface area (Å²) in [5.74, 6) is 0.108. The smallest absolute Gasteiger partial charge is 0.250 e. The predicted octanol–water partition coefficient (Wildman–Crippen LogP) is 3.80. The van der Waals surface area contributed by atoms with Crippen LogP contribution in [-0.2, 0) is 17.6 Å². The highest BCUT2D eigenvalue weighted by Gasteiger charge is 2.29. The Balaban J connectivity index is 1.78. The highest BCUT2D eigenvalue weighted by atomic mass is 16.5. The molecule has 4 rings (SSSR count). The first kappa shape index (κ1) is 20.7. The van der Waals surface area contributed by atoms with Crippen molar-refractivity contribution in [3.8, 4) is 5.69 Å². The van der Waals surface area contributed by atoms with Crippen LogP contribution in [0.2, 0.25) is 0 Å². The van der Waals surface area contributed by atoms with E-state index in [0.29, 0.717) is 24.5 Å². The molecule has 1 aliphatic heterocycles. The molecule has 0 radical (unpaired) electrons. The summed E-state index contributed by atoms with van der Waals surface area (Å²) in [6.45, 7) is 7.53. The van der Waals surface area contributed by atoms with Crippen LogP contribution >= 0.6 is 0 Å². The third-order valence-electron chi connectivity index (χ3n) is 6.15. The van der Waals surface area contributed by atoms with Crippen LogP contribution in [0.4, 0.5) is 5.69 Å². The van der Waals surface area contributed by atoms with Gasteiger partial charge in [0.1, 0.15) is 0 Å². The number of fused-ring (bicyclic) bond motifs is 1. The normalized spacial score (nSPS) is 18.1. The molecule has 6 nitrogen and oxygen atoms in total. The van der Waals surface area contributed by atoms with Gasteiger partial charge in [0.15, 0.2) is 5.78 Å². The first-order valence-electron chi connectivity index (χ1n) is 10.9. The number of nitrogens with zero attached hydrogens (tertiary/aromatic N) is 1. The molecule has 30 heavy (non-hydrogen) atoms. The Bertz CT molecular complexity index is 984. The number of hydrogen-bond donors (Lipinski definition) is 2. The number of ether oxygens (including phenoxy) is 1. The van der Waals surface area contributed by atoms with Gasteiger partial charge < -0.3 is 20.4 Å². The Labute approximate surface area is 177 Å². The lowest BCUT2D eigenvalue weighted by molar-refractivity contribution is 0.0964. The van der Waals surface area contributed by atoms with Crippen LogP contribution in [0.25, 0.3) is 5.69 Å². The number of aromatic nitrogens is 1. The molecule has 1 aromatic carbocycles. The Kier molecular flexibility index (Phi) is 5.69. The van der Waals surface area contributed by atoms with Gasteiger partial charge >= 0.3 is 0 Å². The van der Waals surface area contributed by atoms with Gasteiger partial charge in [0.25, 0.3) is 5.91 Å². The number of hydrogen-bond acceptors (Lipinski definition) is 4. The predicted molar refractivity (Wildman–Crippen MR) is 118 cm³/mol. The number of nitrogens with one attached hydrogen (secondary N) is 1. The van der Waals surface area contributed by atoms with Crippen molar-refractivity contribution in [3.05, 3.63) is 46.3 Å². The molecule has 1 saturated heterocycles. The summed E-state index contributed by atoms with van der Waals surface area (Å²) < 4.78 is 7.67. The monoisotopic (exact) mass is 409 g/mol. The Morgan fingerprint density at radius 1 is 1.30 bits per heavy atom. The molecule has 2 aromatic rings. The molecule has 2 aliphatic rings. The maximum Gasteiger partial charge on any atom is 0.250 e. The summed E-state index contributed by atoms with van der Waals surface area (Å²) in [7, 11) is 0. The van der Waals surface area contributed by atoms with E-state index in [4.69, 9.17) is 10.5 Å². The summed E-state index contributed by atoms with van der Waals surface area (Å²) in [6.07, 6.45) is 4.44. The second-order valence-corrected chi connectivity index (χ2v) is 8.89. The van der Waals surface area contributed by atoms with Gasteiger partial charge in [-0.1, -0.05) is 13.8 Å². The topological polar surface area (TPSA) is 86.4 Å². The number of rotatable bonds is 7. The Hall–Kier alpha value is -2.60. The number of anilines is 1. The number of ketones is 1. The van der Waals surface area contributed by atoms with E-state index in [0.717, 1.165) is 54.9 Å². The van der Waals surface area contributed by atoms with Gasteiger partial charge in [-0.3, -0.25) is 9.59 Å². The van der Waals surface area contributed by atoms with Gasteiger partial charge in [0, 0.05) is 41.4 Å². The molecule has 1 fully saturated rings. The quantitative estimate of drug-likeness (QED) is 0.681. The van der Waals surface area contributed by atoms with Crippen molar-refractivity contribution in [3.63, 3.8) is 0 Å². The fourth-order valence-electron chi connectivity index (χ4n) is 4.84. The molecule has 160 valence electrons. The summed E-state index contributed by atoms with van der Waals surface area (Å²) in [5.41, 5.74) is 12.1. The average Bonchev–Trinajstić information content (AvgIpc) is 3.38. The lowest BCUT2D eigenvalue weighted by atomic mass is 9.97. The van der Waals surface area contributed by atoms with E-state index in [1.165, 1.54) is 11.3 Å². The molecule has 6 heteroatoms. The zero-order valence-electron chi connectivity index (χ0n) is 18.1. The van der Waals surface area contributed by atoms with E-state index < -0.39 is 5.91 Å². The standard InChI is InChI=1S/C24H31N3O3/c1-14(2)11-22(28)23-15(3)27(21-6-4-5-19(21)23)17-7-8-18(24(25)29)20(12-17)26-16-9-10-30-13-16/h7-8,12,14,16,26H,4-6,9-11,13H2,1-3H3,(H2,25,29). The van der Waals surface area contributed by atoms with Crippen LogP contribution in [0.15, 0.2) is 18.2 Å². The van der Waals surface area contributed by atoms with Crippen molar-refractivity contribution < 1.29 is 14.3 Å². The molecular weight excluding hydrogens is 378 g/mol. The van der Waals surface area contributed by atoms with E-state index >= 15 is 0 Å². The molecule has 3 N–H and O–H groups in total. The van der Waals surface area contributed by atoms with Crippen LogP contribution in [0.3, 0.4) is 0 Å². The highest BCUT2D eigenvalue weighted by molar-refractivity contribution is 6.00. The minimum Gasteiger partial charge on any atom is -0.379 e. The number of nitrogens with two attached hydrogens (primary N) is 1. The van der Waals surface area contributed by atoms with Crippen LogP contribution < -0.4 is 11.1 Å². The molecule has 1 atom stereocenters. The molecular formula is C24H31N3O3. The van der Waals surface area contributed by atoms with Gasteiger partial charge in [-0.05, 0) is 62.3 Å². The Morgan fingerprint density at radius 2 is 2.10 bits per heavy atom. The third kappa shape index (κ3) is 3.76. The lowest BCUT2D eigenvalue weighted by Crippen LogP contribution is -2.22. The van der Waals surface area contributed by atoms with Gasteiger partial charge in [-0.25, -0.2) is 0 Å². The van der Waals surface area contributed by atoms with E-state index in [1.54, 1.807) is 6.07 Å². The van der Waals surface area contributed by atoms with Crippen LogP contribution in [-0.4, -0.2) is 35.5 Å². The van der Waals surface area contributed by atoms with Crippen molar-refractivity contribution in [1.29, 1.82) is 0 Å². The Morgan fingerprint density at radius 3 is 2.77 bits per heavy atom. The number of Topliss-reactive ketones (excluding diaryl/α,β-unsaturated/α-hetero) is 1. The summed E-state index contributed by atoms with van der Waals surface area (Å²) >= 11 is 0. The minimum atomic E-state index is -0.453. The third-order valence-corrected chi connectivity index (χ3v) is 6.15. The van der Waals surface area contributed by atoms with Gasteiger partial charge in [-0.2, -0.15) is 0 Å². The van der Waals surface area contributed by atoms with Gasteiger partial charge in [0.2, 0.25) is 0 Å². The van der Waals surface area contributed by atoms with E-state index in [9.17, 15) is 9.59 Å². The first-order chi connectivity index (χ1) is 14.4. The molecule has 0 bridgehead atoms. The van der Waals surface area contributed by atoms with Crippen molar-refractivity contribution in [2.45, 2.75) is 58.9 Å². The van der Waals surface area contributed by atoms with E-state index in [-0.39, 0.29) is 11.8 Å². The largest absolute Gasteiger partial charge is 0.379 e. The minimum absolute atomic E-state index is 0.165. The number of carbonyl (C=O) groups is 2. The molecule has 1 aromatic heterocycles. The van der Waals surface area contributed by atoms with Crippen molar-refractivity contribution in [2.75, 3.05) is 18.5 Å². The number of benzene rings is 1. The zero-order chi connectivity index (χ0) is 21.4. The first-order valence-corrected chi connectivity index (χ1v) is 10.9. The fraction of sp³-hybridized carbons (Fsp3) is 0.500. The maximum absolute atomic E-state index is 13.0. The fourth-order valence-corrected chi connectivity index (χ4v) is 4.84. The molecule has 1 unspecified atom stereocenters. The van der Waals surface area contributed by atoms with Gasteiger partial charge in [-0.15, -0.1) is 0 Å². The van der Waals surface area contributed by atoms with Crippen molar-refractivity contribution in [2.24, 2.45) is 11.7 Å². The summed E-state index contributed by atoms with van der Waals surface area (Å²) in [5, 5.41) is 3.44. The van der Waals surface area contributed by atoms with Crippen LogP contribution in [0, 0.1) is 12.8 Å². The second kappa shape index (κ2) is 8.26. The molecule has 1 amide bonds. The van der Waals surface area contributed by atoms with Crippen molar-refractivity contribution >= 4 is 17.4 Å². The number of primary amides is 1. The van der Waals surface area contributed by atoms with E-state index in [1.807, 2.05) is 19.1 Å². The van der Waals surface area contributed by atoms with Gasteiger partial charge in [0.05, 0.1) is 18.2 Å². The van der Waals surface area contributed by atoms with Crippen LogP contribution in [0.5, 0.6) is 0 Å². The average molecular weight is 410 g/mol. The zero-order valence-corrected chi connectivity index (χ0v) is 18.1. The SMILES string of the molecule is Cc1c(C(=O)CC(C)C)c2c(n1-c1ccc(C(N)=O)c(NC3CCOC3)c1)CCC2. The van der Waals surface area contributed by atoms with Crippen LogP contribution in [0.1, 0.15) is 70.8 Å². The summed E-state index contributed by atoms with van der Waals surface area (Å²) in [6, 6.07) is 5.86. The molecule has 1 aliphatic carbocycles. The number of carbonyl (C=O) groups excluding carboxylic acids is 2. The lowest BCUT2D eigenvalue weighted by Gasteiger charge is -2.18. The highest BCUT2D eigenvalue weighted by Crippen LogP contribution is 2.35. The van der Waals surface area contributed by atoms with E-state index in [2.05, 4.69) is 23.7 Å². The molecule has 0 saturated carbocycles. The maximum atomic E-state index is 13.0. The molecule has 0 spiro atoms. The van der Waals surface area contributed by atoms with Crippen molar-refractivity contribution in [1.82, 2.24) is 4.57 Å². The number of amides is 1. The molecule has 2 heterocycles. The second-order valence-electron chi connectivity index (χ2n) is 8.89.